The van der Waals surface area contributed by atoms with Crippen LogP contribution in [0.3, 0.4) is 0 Å². The highest BCUT2D eigenvalue weighted by Gasteiger charge is 2.21. The fourth-order valence-corrected chi connectivity index (χ4v) is 2.10. The number of pyridine rings is 1. The second kappa shape index (κ2) is 4.51. The van der Waals surface area contributed by atoms with Gasteiger partial charge in [0.25, 0.3) is 0 Å². The van der Waals surface area contributed by atoms with Crippen molar-refractivity contribution in [3.8, 4) is 5.75 Å². The molecule has 1 heterocycles. The van der Waals surface area contributed by atoms with Crippen molar-refractivity contribution in [2.24, 2.45) is 5.92 Å². The molecule has 1 aromatic heterocycles. The number of hydrogen-bond acceptors (Lipinski definition) is 3. The number of aromatic nitrogens is 1. The van der Waals surface area contributed by atoms with Crippen LogP contribution in [0.15, 0.2) is 24.5 Å². The maximum Gasteiger partial charge on any atom is 0.170 e. The highest BCUT2D eigenvalue weighted by Crippen LogP contribution is 2.27. The number of rotatable bonds is 2. The second-order valence-electron chi connectivity index (χ2n) is 3.59. The van der Waals surface area contributed by atoms with Crippen LogP contribution in [0, 0.1) is 5.92 Å². The SMILES string of the molecule is S=C(Oc1cccnc1)C1CCCC1. The molecule has 0 amide bonds. The van der Waals surface area contributed by atoms with Crippen molar-refractivity contribution >= 4 is 17.3 Å². The lowest BCUT2D eigenvalue weighted by Gasteiger charge is -2.11. The van der Waals surface area contributed by atoms with E-state index in [1.165, 1.54) is 25.7 Å². The van der Waals surface area contributed by atoms with Gasteiger partial charge in [0.1, 0.15) is 5.75 Å². The minimum absolute atomic E-state index is 0.477. The first-order valence-corrected chi connectivity index (χ1v) is 5.39. The zero-order chi connectivity index (χ0) is 9.80. The highest BCUT2D eigenvalue weighted by molar-refractivity contribution is 7.80. The van der Waals surface area contributed by atoms with Crippen molar-refractivity contribution in [2.75, 3.05) is 0 Å². The van der Waals surface area contributed by atoms with E-state index in [1.54, 1.807) is 12.4 Å². The van der Waals surface area contributed by atoms with Gasteiger partial charge in [-0.15, -0.1) is 0 Å². The van der Waals surface area contributed by atoms with Gasteiger partial charge in [-0.05, 0) is 37.2 Å². The van der Waals surface area contributed by atoms with Gasteiger partial charge in [-0.25, -0.2) is 0 Å². The van der Waals surface area contributed by atoms with Gasteiger partial charge in [0.15, 0.2) is 5.05 Å². The summed E-state index contributed by atoms with van der Waals surface area (Å²) in [6, 6.07) is 3.74. The third kappa shape index (κ3) is 2.29. The van der Waals surface area contributed by atoms with Crippen LogP contribution in [0.5, 0.6) is 5.75 Å². The zero-order valence-corrected chi connectivity index (χ0v) is 8.80. The summed E-state index contributed by atoms with van der Waals surface area (Å²) in [5.41, 5.74) is 0. The quantitative estimate of drug-likeness (QED) is 0.696. The monoisotopic (exact) mass is 207 g/mol. The Balaban J connectivity index is 1.94. The van der Waals surface area contributed by atoms with E-state index in [0.29, 0.717) is 5.92 Å². The molecule has 2 nitrogen and oxygen atoms in total. The topological polar surface area (TPSA) is 22.1 Å². The summed E-state index contributed by atoms with van der Waals surface area (Å²) in [7, 11) is 0. The van der Waals surface area contributed by atoms with Gasteiger partial charge < -0.3 is 4.74 Å². The lowest BCUT2D eigenvalue weighted by atomic mass is 10.1. The Hall–Kier alpha value is -0.960. The molecule has 2 rings (SSSR count). The summed E-state index contributed by atoms with van der Waals surface area (Å²) >= 11 is 5.25. The molecular formula is C11H13NOS. The van der Waals surface area contributed by atoms with Gasteiger partial charge in [-0.3, -0.25) is 4.98 Å². The fraction of sp³-hybridized carbons (Fsp3) is 0.455. The maximum atomic E-state index is 5.57. The molecule has 0 aliphatic heterocycles. The Bertz CT molecular complexity index is 306. The fourth-order valence-electron chi connectivity index (χ4n) is 1.77. The van der Waals surface area contributed by atoms with E-state index >= 15 is 0 Å². The van der Waals surface area contributed by atoms with Crippen molar-refractivity contribution in [1.29, 1.82) is 0 Å². The van der Waals surface area contributed by atoms with Crippen LogP contribution in [0.1, 0.15) is 25.7 Å². The zero-order valence-electron chi connectivity index (χ0n) is 7.98. The molecule has 0 bridgehead atoms. The minimum atomic E-state index is 0.477. The Morgan fingerprint density at radius 1 is 1.43 bits per heavy atom. The van der Waals surface area contributed by atoms with Gasteiger partial charge in [0, 0.05) is 12.1 Å². The summed E-state index contributed by atoms with van der Waals surface area (Å²) < 4.78 is 5.57. The molecule has 0 aromatic carbocycles. The van der Waals surface area contributed by atoms with Crippen LogP contribution in [-0.2, 0) is 0 Å². The molecule has 1 aromatic rings. The van der Waals surface area contributed by atoms with Crippen molar-refractivity contribution in [3.63, 3.8) is 0 Å². The summed E-state index contributed by atoms with van der Waals surface area (Å²) in [6.45, 7) is 0. The van der Waals surface area contributed by atoms with Crippen molar-refractivity contribution in [1.82, 2.24) is 4.98 Å². The first-order valence-electron chi connectivity index (χ1n) is 4.98. The Kier molecular flexibility index (Phi) is 3.09. The van der Waals surface area contributed by atoms with E-state index < -0.39 is 0 Å². The molecular weight excluding hydrogens is 194 g/mol. The van der Waals surface area contributed by atoms with Gasteiger partial charge >= 0.3 is 0 Å². The Morgan fingerprint density at radius 3 is 2.86 bits per heavy atom. The Morgan fingerprint density at radius 2 is 2.21 bits per heavy atom. The molecule has 74 valence electrons. The van der Waals surface area contributed by atoms with E-state index in [4.69, 9.17) is 17.0 Å². The summed E-state index contributed by atoms with van der Waals surface area (Å²) in [6.07, 6.45) is 8.34. The summed E-state index contributed by atoms with van der Waals surface area (Å²) in [4.78, 5) is 3.98. The molecule has 1 aliphatic rings. The average Bonchev–Trinajstić information content (AvgIpc) is 2.72. The standard InChI is InChI=1S/C11H13NOS/c14-11(9-4-1-2-5-9)13-10-6-3-7-12-8-10/h3,6-9H,1-2,4-5H2. The van der Waals surface area contributed by atoms with Gasteiger partial charge in [0.05, 0.1) is 6.20 Å². The van der Waals surface area contributed by atoms with Crippen molar-refractivity contribution < 1.29 is 4.74 Å². The molecule has 1 saturated carbocycles. The lowest BCUT2D eigenvalue weighted by Crippen LogP contribution is -2.15. The van der Waals surface area contributed by atoms with E-state index in [2.05, 4.69) is 4.98 Å². The van der Waals surface area contributed by atoms with Gasteiger partial charge in [-0.2, -0.15) is 0 Å². The van der Waals surface area contributed by atoms with Crippen LogP contribution in [0.4, 0.5) is 0 Å². The summed E-state index contributed by atoms with van der Waals surface area (Å²) in [5, 5.41) is 0.732. The van der Waals surface area contributed by atoms with E-state index in [9.17, 15) is 0 Å². The van der Waals surface area contributed by atoms with Crippen LogP contribution in [0.2, 0.25) is 0 Å². The Labute approximate surface area is 89.3 Å². The smallest absolute Gasteiger partial charge is 0.170 e. The normalized spacial score (nSPS) is 16.9. The predicted molar refractivity (Wildman–Crippen MR) is 59.4 cm³/mol. The highest BCUT2D eigenvalue weighted by atomic mass is 32.1. The molecule has 0 spiro atoms. The number of thiocarbonyl (C=S) groups is 1. The van der Waals surface area contributed by atoms with Crippen molar-refractivity contribution in [3.05, 3.63) is 24.5 Å². The molecule has 1 aliphatic carbocycles. The molecule has 0 atom stereocenters. The molecule has 14 heavy (non-hydrogen) atoms. The average molecular weight is 207 g/mol. The molecule has 3 heteroatoms. The number of hydrogen-bond donors (Lipinski definition) is 0. The first-order chi connectivity index (χ1) is 6.86. The minimum Gasteiger partial charge on any atom is -0.448 e. The predicted octanol–water partition coefficient (Wildman–Crippen LogP) is 2.98. The molecule has 0 N–H and O–H groups in total. The van der Waals surface area contributed by atoms with Crippen LogP contribution >= 0.6 is 12.2 Å². The molecule has 0 saturated heterocycles. The largest absolute Gasteiger partial charge is 0.448 e. The van der Waals surface area contributed by atoms with Crippen LogP contribution in [0.25, 0.3) is 0 Å². The van der Waals surface area contributed by atoms with Gasteiger partial charge in [0.2, 0.25) is 0 Å². The molecule has 0 unspecified atom stereocenters. The first kappa shape index (κ1) is 9.59. The number of nitrogens with zero attached hydrogens (tertiary/aromatic N) is 1. The third-order valence-electron chi connectivity index (χ3n) is 2.54. The molecule has 0 radical (unpaired) electrons. The van der Waals surface area contributed by atoms with E-state index in [1.807, 2.05) is 12.1 Å². The van der Waals surface area contributed by atoms with E-state index in [0.717, 1.165) is 10.8 Å². The lowest BCUT2D eigenvalue weighted by molar-refractivity contribution is 0.501. The van der Waals surface area contributed by atoms with Crippen LogP contribution < -0.4 is 4.74 Å². The summed E-state index contributed by atoms with van der Waals surface area (Å²) in [5.74, 6) is 1.23. The number of ether oxygens (including phenoxy) is 1. The van der Waals surface area contributed by atoms with Gasteiger partial charge in [-0.1, -0.05) is 12.8 Å². The van der Waals surface area contributed by atoms with Crippen molar-refractivity contribution in [2.45, 2.75) is 25.7 Å². The van der Waals surface area contributed by atoms with Crippen LogP contribution in [-0.4, -0.2) is 10.0 Å². The maximum absolute atomic E-state index is 5.57. The molecule has 1 fully saturated rings. The van der Waals surface area contributed by atoms with E-state index in [-0.39, 0.29) is 0 Å². The second-order valence-corrected chi connectivity index (χ2v) is 3.99. The third-order valence-corrected chi connectivity index (χ3v) is 2.96.